The molecule has 0 bridgehead atoms. The minimum atomic E-state index is 0.00698. The molecule has 0 aromatic heterocycles. The van der Waals surface area contributed by atoms with E-state index in [9.17, 15) is 4.79 Å². The molecule has 0 saturated carbocycles. The van der Waals surface area contributed by atoms with Crippen LogP contribution < -0.4 is 0 Å². The largest absolute Gasteiger partial charge is 0.332 e. The highest BCUT2D eigenvalue weighted by Crippen LogP contribution is 2.36. The van der Waals surface area contributed by atoms with Gasteiger partial charge in [0, 0.05) is 12.1 Å². The lowest BCUT2D eigenvalue weighted by molar-refractivity contribution is 0.0736. The predicted octanol–water partition coefficient (Wildman–Crippen LogP) is 4.69. The third kappa shape index (κ3) is 2.77. The van der Waals surface area contributed by atoms with Crippen LogP contribution in [0.2, 0.25) is 0 Å². The molecule has 1 amide bonds. The predicted molar refractivity (Wildman–Crippen MR) is 98.1 cm³/mol. The summed E-state index contributed by atoms with van der Waals surface area (Å²) in [5, 5.41) is 11.5. The Balaban J connectivity index is 1.73. The van der Waals surface area contributed by atoms with Crippen molar-refractivity contribution in [1.82, 2.24) is 4.90 Å². The SMILES string of the molecule is N#Cc1cccc(C(=O)N2CCCC2c2cccc3ccccc23)c1. The number of fused-ring (bicyclic) bond motifs is 1. The molecule has 3 aromatic carbocycles. The lowest BCUT2D eigenvalue weighted by Crippen LogP contribution is -2.30. The third-order valence-corrected chi connectivity index (χ3v) is 4.93. The molecule has 1 aliphatic heterocycles. The molecule has 1 atom stereocenters. The minimum absolute atomic E-state index is 0.00698. The lowest BCUT2D eigenvalue weighted by atomic mass is 9.97. The van der Waals surface area contributed by atoms with Gasteiger partial charge in [0.15, 0.2) is 0 Å². The smallest absolute Gasteiger partial charge is 0.254 e. The molecule has 122 valence electrons. The number of hydrogen-bond donors (Lipinski definition) is 0. The second kappa shape index (κ2) is 6.41. The number of likely N-dealkylation sites (tertiary alicyclic amines) is 1. The Morgan fingerprint density at radius 2 is 1.84 bits per heavy atom. The quantitative estimate of drug-likeness (QED) is 0.686. The molecule has 1 aliphatic rings. The molecule has 0 N–H and O–H groups in total. The average Bonchev–Trinajstić information content (AvgIpc) is 3.16. The van der Waals surface area contributed by atoms with Crippen molar-refractivity contribution in [2.45, 2.75) is 18.9 Å². The number of carbonyl (C=O) groups excluding carboxylic acids is 1. The van der Waals surface area contributed by atoms with E-state index in [4.69, 9.17) is 5.26 Å². The molecular formula is C22H18N2O. The van der Waals surface area contributed by atoms with Crippen LogP contribution in [0.3, 0.4) is 0 Å². The van der Waals surface area contributed by atoms with Crippen LogP contribution in [-0.4, -0.2) is 17.4 Å². The van der Waals surface area contributed by atoms with Gasteiger partial charge in [-0.3, -0.25) is 4.79 Å². The summed E-state index contributed by atoms with van der Waals surface area (Å²) in [6.45, 7) is 0.753. The normalized spacial score (nSPS) is 16.8. The maximum atomic E-state index is 13.1. The highest BCUT2D eigenvalue weighted by Gasteiger charge is 2.31. The number of nitrogens with zero attached hydrogens (tertiary/aromatic N) is 2. The Kier molecular flexibility index (Phi) is 3.95. The topological polar surface area (TPSA) is 44.1 Å². The van der Waals surface area contributed by atoms with Gasteiger partial charge < -0.3 is 4.90 Å². The first-order chi connectivity index (χ1) is 12.3. The number of amides is 1. The van der Waals surface area contributed by atoms with Gasteiger partial charge in [-0.25, -0.2) is 0 Å². The maximum Gasteiger partial charge on any atom is 0.254 e. The van der Waals surface area contributed by atoms with Gasteiger partial charge in [0.25, 0.3) is 5.91 Å². The molecular weight excluding hydrogens is 308 g/mol. The summed E-state index contributed by atoms with van der Waals surface area (Å²) >= 11 is 0. The van der Waals surface area contributed by atoms with Crippen LogP contribution in [0.15, 0.2) is 66.7 Å². The highest BCUT2D eigenvalue weighted by atomic mass is 16.2. The Hall–Kier alpha value is -3.12. The van der Waals surface area contributed by atoms with Gasteiger partial charge in [-0.1, -0.05) is 48.5 Å². The zero-order valence-corrected chi connectivity index (χ0v) is 13.9. The Morgan fingerprint density at radius 3 is 2.72 bits per heavy atom. The number of benzene rings is 3. The van der Waals surface area contributed by atoms with E-state index in [0.29, 0.717) is 11.1 Å². The molecule has 0 aliphatic carbocycles. The van der Waals surface area contributed by atoms with E-state index in [1.807, 2.05) is 17.0 Å². The van der Waals surface area contributed by atoms with E-state index >= 15 is 0 Å². The molecule has 3 nitrogen and oxygen atoms in total. The third-order valence-electron chi connectivity index (χ3n) is 4.93. The monoisotopic (exact) mass is 326 g/mol. The van der Waals surface area contributed by atoms with Crippen LogP contribution in [0.5, 0.6) is 0 Å². The second-order valence-electron chi connectivity index (χ2n) is 6.42. The summed E-state index contributed by atoms with van der Waals surface area (Å²) in [5.41, 5.74) is 2.32. The van der Waals surface area contributed by atoms with Crippen molar-refractivity contribution in [2.24, 2.45) is 0 Å². The van der Waals surface area contributed by atoms with Crippen molar-refractivity contribution in [3.05, 3.63) is 83.4 Å². The van der Waals surface area contributed by atoms with Gasteiger partial charge >= 0.3 is 0 Å². The number of rotatable bonds is 2. The van der Waals surface area contributed by atoms with E-state index in [1.165, 1.54) is 16.3 Å². The molecule has 3 aromatic rings. The molecule has 0 radical (unpaired) electrons. The molecule has 1 saturated heterocycles. The standard InChI is InChI=1S/C22H18N2O/c23-15-16-6-3-9-18(14-16)22(25)24-13-5-12-21(24)20-11-4-8-17-7-1-2-10-19(17)20/h1-4,6-11,14,21H,5,12-13H2. The van der Waals surface area contributed by atoms with Crippen LogP contribution in [0.1, 0.15) is 40.4 Å². The molecule has 0 spiro atoms. The first-order valence-electron chi connectivity index (χ1n) is 8.57. The molecule has 3 heteroatoms. The summed E-state index contributed by atoms with van der Waals surface area (Å²) in [6, 6.07) is 23.8. The van der Waals surface area contributed by atoms with E-state index < -0.39 is 0 Å². The van der Waals surface area contributed by atoms with Crippen molar-refractivity contribution in [3.63, 3.8) is 0 Å². The van der Waals surface area contributed by atoms with E-state index in [1.54, 1.807) is 24.3 Å². The van der Waals surface area contributed by atoms with E-state index in [-0.39, 0.29) is 11.9 Å². The minimum Gasteiger partial charge on any atom is -0.332 e. The Morgan fingerprint density at radius 1 is 1.04 bits per heavy atom. The molecule has 1 heterocycles. The van der Waals surface area contributed by atoms with E-state index in [2.05, 4.69) is 36.4 Å². The van der Waals surface area contributed by atoms with Gasteiger partial charge in [0.2, 0.25) is 0 Å². The molecule has 1 unspecified atom stereocenters. The van der Waals surface area contributed by atoms with Gasteiger partial charge in [-0.05, 0) is 47.4 Å². The number of nitriles is 1. The zero-order valence-electron chi connectivity index (χ0n) is 13.9. The van der Waals surface area contributed by atoms with Crippen molar-refractivity contribution < 1.29 is 4.79 Å². The van der Waals surface area contributed by atoms with Crippen molar-refractivity contribution >= 4 is 16.7 Å². The zero-order chi connectivity index (χ0) is 17.2. The number of hydrogen-bond acceptors (Lipinski definition) is 2. The maximum absolute atomic E-state index is 13.1. The fourth-order valence-corrected chi connectivity index (χ4v) is 3.76. The summed E-state index contributed by atoms with van der Waals surface area (Å²) in [4.78, 5) is 15.0. The summed E-state index contributed by atoms with van der Waals surface area (Å²) < 4.78 is 0. The average molecular weight is 326 g/mol. The highest BCUT2D eigenvalue weighted by molar-refractivity contribution is 5.95. The number of carbonyl (C=O) groups is 1. The molecule has 4 rings (SSSR count). The molecule has 25 heavy (non-hydrogen) atoms. The lowest BCUT2D eigenvalue weighted by Gasteiger charge is -2.26. The fraction of sp³-hybridized carbons (Fsp3) is 0.182. The first-order valence-corrected chi connectivity index (χ1v) is 8.57. The summed E-state index contributed by atoms with van der Waals surface area (Å²) in [6.07, 6.45) is 1.97. The van der Waals surface area contributed by atoms with Gasteiger partial charge in [0.05, 0.1) is 17.7 Å². The van der Waals surface area contributed by atoms with Crippen LogP contribution in [-0.2, 0) is 0 Å². The van der Waals surface area contributed by atoms with Crippen molar-refractivity contribution in [1.29, 1.82) is 5.26 Å². The summed E-state index contributed by atoms with van der Waals surface area (Å²) in [5.74, 6) is 0.00698. The first kappa shape index (κ1) is 15.4. The van der Waals surface area contributed by atoms with Crippen LogP contribution in [0, 0.1) is 11.3 Å². The molecule has 1 fully saturated rings. The van der Waals surface area contributed by atoms with E-state index in [0.717, 1.165) is 19.4 Å². The van der Waals surface area contributed by atoms with Gasteiger partial charge in [-0.2, -0.15) is 5.26 Å². The fourth-order valence-electron chi connectivity index (χ4n) is 3.76. The van der Waals surface area contributed by atoms with Crippen LogP contribution in [0.25, 0.3) is 10.8 Å². The van der Waals surface area contributed by atoms with Gasteiger partial charge in [-0.15, -0.1) is 0 Å². The Bertz CT molecular complexity index is 981. The van der Waals surface area contributed by atoms with Gasteiger partial charge in [0.1, 0.15) is 0 Å². The van der Waals surface area contributed by atoms with Crippen LogP contribution in [0.4, 0.5) is 0 Å². The second-order valence-corrected chi connectivity index (χ2v) is 6.42. The van der Waals surface area contributed by atoms with Crippen molar-refractivity contribution in [2.75, 3.05) is 6.54 Å². The Labute approximate surface area is 147 Å². The van der Waals surface area contributed by atoms with Crippen molar-refractivity contribution in [3.8, 4) is 6.07 Å². The van der Waals surface area contributed by atoms with Crippen LogP contribution >= 0.6 is 0 Å². The summed E-state index contributed by atoms with van der Waals surface area (Å²) in [7, 11) is 0.